The van der Waals surface area contributed by atoms with E-state index >= 15 is 0 Å². The Labute approximate surface area is 99.7 Å². The molecule has 0 heterocycles. The molecule has 1 nitrogen and oxygen atoms in total. The Morgan fingerprint density at radius 3 is 2.67 bits per heavy atom. The fourth-order valence-corrected chi connectivity index (χ4v) is 2.46. The van der Waals surface area contributed by atoms with Gasteiger partial charge in [0.1, 0.15) is 0 Å². The van der Waals surface area contributed by atoms with Crippen LogP contribution in [0.4, 0.5) is 5.69 Å². The predicted molar refractivity (Wildman–Crippen MR) is 59.7 cm³/mol. The first-order valence-corrected chi connectivity index (χ1v) is 5.68. The molecule has 1 aliphatic carbocycles. The minimum absolute atomic E-state index is 1.04. The standard InChI is InChI=1S/C13H13N.V/c1-9-7-8-12(10(2)13(9)14)11-5-3-4-6-11;/h3-5,7-8H,6H2,1-2H3;/q;+2. The van der Waals surface area contributed by atoms with Gasteiger partial charge in [0.25, 0.3) is 0 Å². The van der Waals surface area contributed by atoms with Crippen LogP contribution in [0.25, 0.3) is 5.57 Å². The Kier molecular flexibility index (Phi) is 3.04. The minimum atomic E-state index is 1.04. The van der Waals surface area contributed by atoms with E-state index in [1.807, 2.05) is 0 Å². The molecule has 0 radical (unpaired) electrons. The van der Waals surface area contributed by atoms with Crippen LogP contribution in [-0.4, -0.2) is 0 Å². The van der Waals surface area contributed by atoms with Gasteiger partial charge in [-0.15, -0.1) is 0 Å². The molecule has 15 heavy (non-hydrogen) atoms. The monoisotopic (exact) mass is 234 g/mol. The van der Waals surface area contributed by atoms with Crippen LogP contribution in [0.2, 0.25) is 0 Å². The van der Waals surface area contributed by atoms with Gasteiger partial charge in [0.15, 0.2) is 0 Å². The molecule has 1 aliphatic rings. The molecule has 0 aliphatic heterocycles. The molecule has 2 rings (SSSR count). The zero-order valence-corrected chi connectivity index (χ0v) is 10.4. The molecule has 73 valence electrons. The number of allylic oxidation sites excluding steroid dienone is 4. The Morgan fingerprint density at radius 2 is 2.07 bits per heavy atom. The summed E-state index contributed by atoms with van der Waals surface area (Å²) in [6.07, 6.45) is 7.54. The summed E-state index contributed by atoms with van der Waals surface area (Å²) in [5.74, 6) is 0. The number of hydrogen-bond donors (Lipinski definition) is 0. The molecule has 0 fully saturated rings. The first-order valence-electron chi connectivity index (χ1n) is 5.05. The number of rotatable bonds is 2. The fraction of sp³-hybridized carbons (Fsp3) is 0.231. The molecule has 0 amide bonds. The van der Waals surface area contributed by atoms with E-state index in [2.05, 4.69) is 65.2 Å². The van der Waals surface area contributed by atoms with E-state index in [-0.39, 0.29) is 0 Å². The van der Waals surface area contributed by atoms with E-state index in [9.17, 15) is 0 Å². The van der Waals surface area contributed by atoms with Crippen LogP contribution >= 0.6 is 0 Å². The molecular formula is C13H13NV+2. The molecule has 0 saturated heterocycles. The van der Waals surface area contributed by atoms with Gasteiger partial charge in [0.05, 0.1) is 0 Å². The summed E-state index contributed by atoms with van der Waals surface area (Å²) in [5.41, 5.74) is 6.36. The van der Waals surface area contributed by atoms with Crippen molar-refractivity contribution in [3.8, 4) is 0 Å². The number of hydrogen-bond acceptors (Lipinski definition) is 1. The number of aryl methyl sites for hydroxylation is 1. The van der Waals surface area contributed by atoms with Crippen molar-refractivity contribution in [1.29, 1.82) is 0 Å². The molecular weight excluding hydrogens is 221 g/mol. The van der Waals surface area contributed by atoms with Gasteiger partial charge in [-0.05, 0) is 0 Å². The molecule has 0 unspecified atom stereocenters. The quantitative estimate of drug-likeness (QED) is 0.733. The second-order valence-electron chi connectivity index (χ2n) is 3.83. The maximum absolute atomic E-state index is 4.29. The second-order valence-corrected chi connectivity index (χ2v) is 4.14. The Hall–Kier alpha value is -0.916. The van der Waals surface area contributed by atoms with Crippen LogP contribution in [-0.2, 0) is 17.2 Å². The molecule has 0 saturated carbocycles. The Balaban J connectivity index is 2.54. The van der Waals surface area contributed by atoms with E-state index in [0.29, 0.717) is 0 Å². The third-order valence-corrected chi connectivity index (χ3v) is 3.16. The number of benzene rings is 1. The van der Waals surface area contributed by atoms with Gasteiger partial charge in [-0.1, -0.05) is 0 Å². The van der Waals surface area contributed by atoms with Gasteiger partial charge in [-0.25, -0.2) is 0 Å². The fourth-order valence-electron chi connectivity index (χ4n) is 1.98. The first kappa shape index (κ1) is 10.6. The predicted octanol–water partition coefficient (Wildman–Crippen LogP) is 4.01. The van der Waals surface area contributed by atoms with Crippen molar-refractivity contribution in [1.82, 2.24) is 0 Å². The summed E-state index contributed by atoms with van der Waals surface area (Å²) in [5, 5.41) is 0. The van der Waals surface area contributed by atoms with E-state index in [1.54, 1.807) is 0 Å². The van der Waals surface area contributed by atoms with Crippen LogP contribution in [0.5, 0.6) is 0 Å². The third kappa shape index (κ3) is 1.90. The van der Waals surface area contributed by atoms with Gasteiger partial charge in [0.2, 0.25) is 0 Å². The van der Waals surface area contributed by atoms with Crippen molar-refractivity contribution >= 4 is 11.3 Å². The number of nitrogens with zero attached hydrogens (tertiary/aromatic N) is 1. The van der Waals surface area contributed by atoms with Crippen molar-refractivity contribution in [2.45, 2.75) is 20.3 Å². The van der Waals surface area contributed by atoms with Crippen LogP contribution in [0.1, 0.15) is 23.1 Å². The average molecular weight is 234 g/mol. The molecule has 0 bridgehead atoms. The van der Waals surface area contributed by atoms with E-state index < -0.39 is 0 Å². The zero-order valence-electron chi connectivity index (χ0n) is 8.99. The van der Waals surface area contributed by atoms with Gasteiger partial charge in [-0.2, -0.15) is 0 Å². The van der Waals surface area contributed by atoms with Crippen LogP contribution in [0, 0.1) is 13.8 Å². The van der Waals surface area contributed by atoms with Crippen molar-refractivity contribution in [3.63, 3.8) is 0 Å². The SMILES string of the molecule is Cc1ccc(C2=CC=CC2)c(C)c1[N]=[V+2]. The molecule has 0 atom stereocenters. The molecule has 0 aromatic heterocycles. The topological polar surface area (TPSA) is 12.4 Å². The van der Waals surface area contributed by atoms with Gasteiger partial charge in [-0.3, -0.25) is 0 Å². The summed E-state index contributed by atoms with van der Waals surface area (Å²) in [7, 11) is 0. The first-order chi connectivity index (χ1) is 7.24. The normalized spacial score (nSPS) is 14.3. The van der Waals surface area contributed by atoms with Crippen molar-refractivity contribution in [2.75, 3.05) is 0 Å². The van der Waals surface area contributed by atoms with Gasteiger partial charge >= 0.3 is 99.6 Å². The van der Waals surface area contributed by atoms with E-state index in [0.717, 1.165) is 12.1 Å². The molecule has 2 heteroatoms. The average Bonchev–Trinajstić information content (AvgIpc) is 2.71. The Morgan fingerprint density at radius 1 is 1.27 bits per heavy atom. The summed E-state index contributed by atoms with van der Waals surface area (Å²) in [4.78, 5) is 0. The van der Waals surface area contributed by atoms with Gasteiger partial charge in [0, 0.05) is 0 Å². The van der Waals surface area contributed by atoms with Crippen LogP contribution in [0.15, 0.2) is 34.2 Å². The van der Waals surface area contributed by atoms with Crippen molar-refractivity contribution in [3.05, 3.63) is 47.1 Å². The second kappa shape index (κ2) is 4.30. The third-order valence-electron chi connectivity index (χ3n) is 2.85. The summed E-state index contributed by atoms with van der Waals surface area (Å²) >= 11 is 2.30. The summed E-state index contributed by atoms with van der Waals surface area (Å²) in [6.45, 7) is 4.25. The van der Waals surface area contributed by atoms with Crippen molar-refractivity contribution in [2.24, 2.45) is 3.79 Å². The van der Waals surface area contributed by atoms with Gasteiger partial charge < -0.3 is 0 Å². The van der Waals surface area contributed by atoms with Crippen LogP contribution in [0.3, 0.4) is 0 Å². The Bertz CT molecular complexity index is 470. The van der Waals surface area contributed by atoms with Crippen LogP contribution < -0.4 is 0 Å². The van der Waals surface area contributed by atoms with E-state index in [1.165, 1.54) is 22.3 Å². The van der Waals surface area contributed by atoms with E-state index in [4.69, 9.17) is 0 Å². The summed E-state index contributed by atoms with van der Waals surface area (Å²) in [6, 6.07) is 4.35. The molecule has 1 aromatic carbocycles. The summed E-state index contributed by atoms with van der Waals surface area (Å²) < 4.78 is 4.29. The van der Waals surface area contributed by atoms with Crippen molar-refractivity contribution < 1.29 is 17.2 Å². The maximum atomic E-state index is 4.29. The molecule has 1 aromatic rings. The molecule has 0 N–H and O–H groups in total. The zero-order chi connectivity index (χ0) is 10.8. The molecule has 0 spiro atoms.